The van der Waals surface area contributed by atoms with E-state index in [1.165, 1.54) is 6.07 Å². The Kier molecular flexibility index (Phi) is 4.46. The first-order valence-corrected chi connectivity index (χ1v) is 6.68. The SMILES string of the molecule is O=[N+]([O-])c1ccc(CBr)cc1OCc1ccncc1. The molecule has 0 aliphatic heterocycles. The summed E-state index contributed by atoms with van der Waals surface area (Å²) in [6, 6.07) is 8.44. The lowest BCUT2D eigenvalue weighted by atomic mass is 10.2. The fraction of sp³-hybridized carbons (Fsp3) is 0.154. The highest BCUT2D eigenvalue weighted by Gasteiger charge is 2.15. The van der Waals surface area contributed by atoms with Gasteiger partial charge in [-0.15, -0.1) is 0 Å². The van der Waals surface area contributed by atoms with E-state index in [4.69, 9.17) is 4.74 Å². The normalized spacial score (nSPS) is 10.2. The molecule has 0 aliphatic rings. The fourth-order valence-corrected chi connectivity index (χ4v) is 1.90. The van der Waals surface area contributed by atoms with Gasteiger partial charge in [0.25, 0.3) is 0 Å². The lowest BCUT2D eigenvalue weighted by Crippen LogP contribution is -2.00. The van der Waals surface area contributed by atoms with E-state index in [0.717, 1.165) is 11.1 Å². The van der Waals surface area contributed by atoms with Gasteiger partial charge in [-0.25, -0.2) is 0 Å². The van der Waals surface area contributed by atoms with E-state index in [1.54, 1.807) is 36.7 Å². The van der Waals surface area contributed by atoms with Gasteiger partial charge in [-0.05, 0) is 29.3 Å². The summed E-state index contributed by atoms with van der Waals surface area (Å²) >= 11 is 3.32. The Morgan fingerprint density at radius 1 is 1.21 bits per heavy atom. The van der Waals surface area contributed by atoms with Gasteiger partial charge in [-0.1, -0.05) is 22.0 Å². The van der Waals surface area contributed by atoms with Crippen molar-refractivity contribution in [2.24, 2.45) is 0 Å². The zero-order valence-corrected chi connectivity index (χ0v) is 11.5. The Labute approximate surface area is 118 Å². The number of hydrogen-bond donors (Lipinski definition) is 0. The highest BCUT2D eigenvalue weighted by atomic mass is 79.9. The standard InChI is InChI=1S/C13H11BrN2O3/c14-8-11-1-2-12(16(17)18)13(7-11)19-9-10-3-5-15-6-4-10/h1-7H,8-9H2. The summed E-state index contributed by atoms with van der Waals surface area (Å²) < 4.78 is 5.54. The Balaban J connectivity index is 2.20. The second-order valence-electron chi connectivity index (χ2n) is 3.84. The van der Waals surface area contributed by atoms with Crippen LogP contribution in [-0.4, -0.2) is 9.91 Å². The van der Waals surface area contributed by atoms with Crippen LogP contribution in [0.15, 0.2) is 42.7 Å². The minimum Gasteiger partial charge on any atom is -0.482 e. The Hall–Kier alpha value is -1.95. The van der Waals surface area contributed by atoms with Crippen LogP contribution in [0.3, 0.4) is 0 Å². The van der Waals surface area contributed by atoms with E-state index in [-0.39, 0.29) is 18.0 Å². The molecule has 0 fully saturated rings. The number of nitrogens with zero attached hydrogens (tertiary/aromatic N) is 2. The molecule has 98 valence electrons. The number of alkyl halides is 1. The summed E-state index contributed by atoms with van der Waals surface area (Å²) in [6.07, 6.45) is 3.31. The van der Waals surface area contributed by atoms with Gasteiger partial charge in [0.1, 0.15) is 6.61 Å². The zero-order chi connectivity index (χ0) is 13.7. The third kappa shape index (κ3) is 3.51. The summed E-state index contributed by atoms with van der Waals surface area (Å²) in [5, 5.41) is 11.6. The predicted octanol–water partition coefficient (Wildman–Crippen LogP) is 3.46. The molecule has 19 heavy (non-hydrogen) atoms. The Morgan fingerprint density at radius 2 is 1.95 bits per heavy atom. The smallest absolute Gasteiger partial charge is 0.310 e. The van der Waals surface area contributed by atoms with Gasteiger partial charge in [0.2, 0.25) is 0 Å². The molecule has 2 rings (SSSR count). The maximum absolute atomic E-state index is 10.9. The largest absolute Gasteiger partial charge is 0.482 e. The molecule has 6 heteroatoms. The van der Waals surface area contributed by atoms with E-state index in [9.17, 15) is 10.1 Å². The molecule has 0 amide bonds. The van der Waals surface area contributed by atoms with E-state index >= 15 is 0 Å². The summed E-state index contributed by atoms with van der Waals surface area (Å²) in [5.41, 5.74) is 1.81. The maximum atomic E-state index is 10.9. The van der Waals surface area contributed by atoms with Gasteiger partial charge in [-0.2, -0.15) is 0 Å². The minimum absolute atomic E-state index is 0.0289. The minimum atomic E-state index is -0.445. The molecular weight excluding hydrogens is 312 g/mol. The van der Waals surface area contributed by atoms with Crippen LogP contribution in [-0.2, 0) is 11.9 Å². The molecule has 0 saturated carbocycles. The van der Waals surface area contributed by atoms with Crippen molar-refractivity contribution in [2.75, 3.05) is 0 Å². The lowest BCUT2D eigenvalue weighted by molar-refractivity contribution is -0.386. The second-order valence-corrected chi connectivity index (χ2v) is 4.40. The highest BCUT2D eigenvalue weighted by molar-refractivity contribution is 9.08. The van der Waals surface area contributed by atoms with Crippen molar-refractivity contribution in [3.8, 4) is 5.75 Å². The molecule has 1 aromatic heterocycles. The average Bonchev–Trinajstić information content (AvgIpc) is 2.45. The third-order valence-electron chi connectivity index (χ3n) is 2.52. The van der Waals surface area contributed by atoms with Gasteiger partial charge in [0.15, 0.2) is 5.75 Å². The Morgan fingerprint density at radius 3 is 2.58 bits per heavy atom. The van der Waals surface area contributed by atoms with E-state index in [0.29, 0.717) is 5.33 Å². The molecule has 5 nitrogen and oxygen atoms in total. The topological polar surface area (TPSA) is 65.3 Å². The van der Waals surface area contributed by atoms with Crippen molar-refractivity contribution in [1.29, 1.82) is 0 Å². The number of benzene rings is 1. The van der Waals surface area contributed by atoms with Crippen molar-refractivity contribution in [3.05, 3.63) is 64.0 Å². The summed E-state index contributed by atoms with van der Waals surface area (Å²) in [7, 11) is 0. The second kappa shape index (κ2) is 6.29. The zero-order valence-electron chi connectivity index (χ0n) is 9.95. The molecule has 1 aromatic carbocycles. The molecular formula is C13H11BrN2O3. The van der Waals surface area contributed by atoms with Crippen LogP contribution in [0.2, 0.25) is 0 Å². The molecule has 1 heterocycles. The molecule has 0 spiro atoms. The number of nitro groups is 1. The van der Waals surface area contributed by atoms with E-state index < -0.39 is 4.92 Å². The number of pyridine rings is 1. The molecule has 0 aliphatic carbocycles. The molecule has 0 radical (unpaired) electrons. The first-order chi connectivity index (χ1) is 9.20. The fourth-order valence-electron chi connectivity index (χ4n) is 1.55. The first-order valence-electron chi connectivity index (χ1n) is 5.55. The lowest BCUT2D eigenvalue weighted by Gasteiger charge is -2.08. The van der Waals surface area contributed by atoms with Crippen molar-refractivity contribution in [2.45, 2.75) is 11.9 Å². The quantitative estimate of drug-likeness (QED) is 0.480. The Bertz CT molecular complexity index is 575. The molecule has 0 N–H and O–H groups in total. The highest BCUT2D eigenvalue weighted by Crippen LogP contribution is 2.29. The number of nitro benzene ring substituents is 1. The number of aromatic nitrogens is 1. The molecule has 0 atom stereocenters. The molecule has 0 unspecified atom stereocenters. The number of ether oxygens (including phenoxy) is 1. The molecule has 0 saturated heterocycles. The van der Waals surface area contributed by atoms with Crippen LogP contribution in [0.5, 0.6) is 5.75 Å². The van der Waals surface area contributed by atoms with Gasteiger partial charge in [-0.3, -0.25) is 15.1 Å². The van der Waals surface area contributed by atoms with Crippen molar-refractivity contribution in [3.63, 3.8) is 0 Å². The number of halogens is 1. The monoisotopic (exact) mass is 322 g/mol. The van der Waals surface area contributed by atoms with Crippen molar-refractivity contribution < 1.29 is 9.66 Å². The number of rotatable bonds is 5. The van der Waals surface area contributed by atoms with Crippen LogP contribution in [0.4, 0.5) is 5.69 Å². The summed E-state index contributed by atoms with van der Waals surface area (Å²) in [6.45, 7) is 0.273. The number of hydrogen-bond acceptors (Lipinski definition) is 4. The first kappa shape index (κ1) is 13.5. The summed E-state index contributed by atoms with van der Waals surface area (Å²) in [4.78, 5) is 14.4. The summed E-state index contributed by atoms with van der Waals surface area (Å²) in [5.74, 6) is 0.277. The van der Waals surface area contributed by atoms with Crippen molar-refractivity contribution >= 4 is 21.6 Å². The van der Waals surface area contributed by atoms with Crippen molar-refractivity contribution in [1.82, 2.24) is 4.98 Å². The van der Waals surface area contributed by atoms with E-state index in [1.807, 2.05) is 0 Å². The van der Waals surface area contributed by atoms with Gasteiger partial charge in [0, 0.05) is 23.8 Å². The van der Waals surface area contributed by atoms with Crippen LogP contribution in [0.1, 0.15) is 11.1 Å². The van der Waals surface area contributed by atoms with Gasteiger partial charge in [0.05, 0.1) is 4.92 Å². The predicted molar refractivity (Wildman–Crippen MR) is 74.3 cm³/mol. The van der Waals surface area contributed by atoms with Crippen LogP contribution < -0.4 is 4.74 Å². The molecule has 2 aromatic rings. The van der Waals surface area contributed by atoms with Gasteiger partial charge >= 0.3 is 5.69 Å². The third-order valence-corrected chi connectivity index (χ3v) is 3.17. The van der Waals surface area contributed by atoms with Gasteiger partial charge < -0.3 is 4.74 Å². The molecule has 0 bridgehead atoms. The van der Waals surface area contributed by atoms with Crippen LogP contribution in [0, 0.1) is 10.1 Å². The van der Waals surface area contributed by atoms with Crippen LogP contribution >= 0.6 is 15.9 Å². The van der Waals surface area contributed by atoms with E-state index in [2.05, 4.69) is 20.9 Å². The van der Waals surface area contributed by atoms with Crippen LogP contribution in [0.25, 0.3) is 0 Å². The average molecular weight is 323 g/mol. The maximum Gasteiger partial charge on any atom is 0.310 e.